The molecule has 132 valence electrons. The molecular formula is C17H17I2N3O3. The number of anilines is 1. The van der Waals surface area contributed by atoms with Gasteiger partial charge in [-0.05, 0) is 94.1 Å². The van der Waals surface area contributed by atoms with Gasteiger partial charge in [-0.3, -0.25) is 4.79 Å². The van der Waals surface area contributed by atoms with Crippen molar-refractivity contribution >= 4 is 63.0 Å². The number of ether oxygens (including phenoxy) is 1. The monoisotopic (exact) mass is 565 g/mol. The highest BCUT2D eigenvalue weighted by Crippen LogP contribution is 2.32. The Morgan fingerprint density at radius 2 is 2.00 bits per heavy atom. The van der Waals surface area contributed by atoms with E-state index in [-0.39, 0.29) is 18.2 Å². The number of carbonyl (C=O) groups is 1. The number of carbonyl (C=O) groups excluding carboxylic acids is 1. The van der Waals surface area contributed by atoms with Crippen molar-refractivity contribution in [2.75, 3.05) is 18.5 Å². The minimum absolute atomic E-state index is 0.102. The lowest BCUT2D eigenvalue weighted by atomic mass is 10.2. The van der Waals surface area contributed by atoms with Crippen molar-refractivity contribution in [3.8, 4) is 11.5 Å². The number of amides is 1. The number of phenols is 1. The fourth-order valence-electron chi connectivity index (χ4n) is 1.90. The third-order valence-electron chi connectivity index (χ3n) is 3.05. The summed E-state index contributed by atoms with van der Waals surface area (Å²) in [5.41, 5.74) is 4.05. The predicted molar refractivity (Wildman–Crippen MR) is 115 cm³/mol. The number of halogens is 2. The van der Waals surface area contributed by atoms with Crippen LogP contribution in [-0.4, -0.2) is 30.4 Å². The van der Waals surface area contributed by atoms with E-state index in [0.29, 0.717) is 15.9 Å². The number of hydrazone groups is 1. The highest BCUT2D eigenvalue weighted by atomic mass is 127. The maximum Gasteiger partial charge on any atom is 0.259 e. The fraction of sp³-hybridized carbons (Fsp3) is 0.176. The quantitative estimate of drug-likeness (QED) is 0.273. The molecular weight excluding hydrogens is 548 g/mol. The molecule has 25 heavy (non-hydrogen) atoms. The van der Waals surface area contributed by atoms with E-state index >= 15 is 0 Å². The van der Waals surface area contributed by atoms with Crippen LogP contribution in [0.2, 0.25) is 0 Å². The second-order valence-corrected chi connectivity index (χ2v) is 7.34. The van der Waals surface area contributed by atoms with Crippen molar-refractivity contribution in [3.05, 3.63) is 49.1 Å². The first-order chi connectivity index (χ1) is 12.0. The van der Waals surface area contributed by atoms with Crippen LogP contribution in [0, 0.1) is 7.14 Å². The largest absolute Gasteiger partial charge is 0.504 e. The Hall–Kier alpha value is -1.56. The summed E-state index contributed by atoms with van der Waals surface area (Å²) < 4.78 is 7.15. The molecule has 0 saturated heterocycles. The molecule has 0 aliphatic rings. The normalized spacial score (nSPS) is 10.7. The number of rotatable bonds is 7. The number of benzene rings is 2. The number of nitrogens with one attached hydrogen (secondary N) is 2. The van der Waals surface area contributed by atoms with Crippen LogP contribution in [0.4, 0.5) is 5.69 Å². The van der Waals surface area contributed by atoms with Crippen LogP contribution in [-0.2, 0) is 4.79 Å². The van der Waals surface area contributed by atoms with Crippen molar-refractivity contribution in [1.29, 1.82) is 0 Å². The molecule has 2 aromatic rings. The molecule has 0 radical (unpaired) electrons. The summed E-state index contributed by atoms with van der Waals surface area (Å²) in [4.78, 5) is 11.8. The van der Waals surface area contributed by atoms with Crippen LogP contribution < -0.4 is 15.5 Å². The van der Waals surface area contributed by atoms with E-state index in [1.165, 1.54) is 6.21 Å². The highest BCUT2D eigenvalue weighted by molar-refractivity contribution is 14.1. The Bertz CT molecular complexity index is 764. The molecule has 8 heteroatoms. The van der Waals surface area contributed by atoms with E-state index in [1.54, 1.807) is 12.1 Å². The molecule has 3 N–H and O–H groups in total. The van der Waals surface area contributed by atoms with E-state index in [4.69, 9.17) is 4.74 Å². The number of phenolic OH excluding ortho intramolecular Hbond substituents is 1. The standard InChI is InChI=1S/C17H17I2N3O3/c1-2-25-15-8-11(7-14(19)17(15)24)9-21-22-16(23)10-20-13-5-3-12(18)4-6-13/h3-9,20,24H,2,10H2,1H3,(H,22,23)/b21-9-. The van der Waals surface area contributed by atoms with Gasteiger partial charge in [0.05, 0.1) is 22.9 Å². The minimum atomic E-state index is -0.256. The van der Waals surface area contributed by atoms with Crippen molar-refractivity contribution < 1.29 is 14.6 Å². The molecule has 1 amide bonds. The van der Waals surface area contributed by atoms with Crippen molar-refractivity contribution in [2.45, 2.75) is 6.92 Å². The molecule has 0 fully saturated rings. The van der Waals surface area contributed by atoms with Gasteiger partial charge in [0.2, 0.25) is 0 Å². The lowest BCUT2D eigenvalue weighted by Gasteiger charge is -2.08. The maximum absolute atomic E-state index is 11.8. The lowest BCUT2D eigenvalue weighted by Crippen LogP contribution is -2.25. The molecule has 0 heterocycles. The van der Waals surface area contributed by atoms with Crippen LogP contribution in [0.1, 0.15) is 12.5 Å². The van der Waals surface area contributed by atoms with Gasteiger partial charge in [-0.2, -0.15) is 5.10 Å². The first-order valence-corrected chi connectivity index (χ1v) is 9.62. The zero-order chi connectivity index (χ0) is 18.2. The molecule has 0 spiro atoms. The molecule has 2 aromatic carbocycles. The Kier molecular flexibility index (Phi) is 7.75. The topological polar surface area (TPSA) is 83.0 Å². The Morgan fingerprint density at radius 3 is 2.68 bits per heavy atom. The number of hydrogen-bond acceptors (Lipinski definition) is 5. The third-order valence-corrected chi connectivity index (χ3v) is 4.59. The summed E-state index contributed by atoms with van der Waals surface area (Å²) in [7, 11) is 0. The number of nitrogens with zero attached hydrogens (tertiary/aromatic N) is 1. The van der Waals surface area contributed by atoms with Crippen LogP contribution in [0.5, 0.6) is 11.5 Å². The molecule has 2 rings (SSSR count). The smallest absolute Gasteiger partial charge is 0.259 e. The molecule has 0 aliphatic carbocycles. The minimum Gasteiger partial charge on any atom is -0.504 e. The summed E-state index contributed by atoms with van der Waals surface area (Å²) >= 11 is 4.24. The molecule has 0 saturated carbocycles. The zero-order valence-corrected chi connectivity index (χ0v) is 17.7. The Morgan fingerprint density at radius 1 is 1.28 bits per heavy atom. The summed E-state index contributed by atoms with van der Waals surface area (Å²) in [6, 6.07) is 11.2. The van der Waals surface area contributed by atoms with Gasteiger partial charge < -0.3 is 15.2 Å². The van der Waals surface area contributed by atoms with Crippen LogP contribution >= 0.6 is 45.2 Å². The van der Waals surface area contributed by atoms with Crippen molar-refractivity contribution in [2.24, 2.45) is 5.10 Å². The molecule has 0 aromatic heterocycles. The lowest BCUT2D eigenvalue weighted by molar-refractivity contribution is -0.119. The van der Waals surface area contributed by atoms with Crippen molar-refractivity contribution in [1.82, 2.24) is 5.43 Å². The first-order valence-electron chi connectivity index (χ1n) is 7.46. The van der Waals surface area contributed by atoms with Gasteiger partial charge >= 0.3 is 0 Å². The number of hydrogen-bond donors (Lipinski definition) is 3. The molecule has 0 aliphatic heterocycles. The van der Waals surface area contributed by atoms with E-state index in [9.17, 15) is 9.90 Å². The summed E-state index contributed by atoms with van der Waals surface area (Å²) in [5, 5.41) is 16.9. The van der Waals surface area contributed by atoms with E-state index in [2.05, 4.69) is 38.4 Å². The fourth-order valence-corrected chi connectivity index (χ4v) is 2.89. The van der Waals surface area contributed by atoms with Gasteiger partial charge in [0.15, 0.2) is 11.5 Å². The number of aromatic hydroxyl groups is 1. The van der Waals surface area contributed by atoms with Gasteiger partial charge in [-0.1, -0.05) is 0 Å². The zero-order valence-electron chi connectivity index (χ0n) is 13.4. The molecule has 0 unspecified atom stereocenters. The van der Waals surface area contributed by atoms with Gasteiger partial charge in [0, 0.05) is 9.26 Å². The van der Waals surface area contributed by atoms with Gasteiger partial charge in [0.25, 0.3) is 5.91 Å². The average Bonchev–Trinajstić information content (AvgIpc) is 2.59. The Balaban J connectivity index is 1.89. The first kappa shape index (κ1) is 19.8. The van der Waals surface area contributed by atoms with Crippen LogP contribution in [0.25, 0.3) is 0 Å². The SMILES string of the molecule is CCOc1cc(/C=N\NC(=O)CNc2ccc(I)cc2)cc(I)c1O. The molecule has 6 nitrogen and oxygen atoms in total. The van der Waals surface area contributed by atoms with Gasteiger partial charge in [0.1, 0.15) is 0 Å². The maximum atomic E-state index is 11.8. The molecule has 0 atom stereocenters. The van der Waals surface area contributed by atoms with Crippen molar-refractivity contribution in [3.63, 3.8) is 0 Å². The van der Waals surface area contributed by atoms with Crippen LogP contribution in [0.15, 0.2) is 41.5 Å². The average molecular weight is 565 g/mol. The van der Waals surface area contributed by atoms with Crippen LogP contribution in [0.3, 0.4) is 0 Å². The van der Waals surface area contributed by atoms with E-state index in [1.807, 2.05) is 53.8 Å². The predicted octanol–water partition coefficient (Wildman–Crippen LogP) is 3.56. The van der Waals surface area contributed by atoms with Gasteiger partial charge in [-0.25, -0.2) is 5.43 Å². The van der Waals surface area contributed by atoms with E-state index < -0.39 is 0 Å². The molecule has 0 bridgehead atoms. The van der Waals surface area contributed by atoms with Gasteiger partial charge in [-0.15, -0.1) is 0 Å². The summed E-state index contributed by atoms with van der Waals surface area (Å²) in [5.74, 6) is 0.237. The second kappa shape index (κ2) is 9.80. The highest BCUT2D eigenvalue weighted by Gasteiger charge is 2.08. The Labute approximate surface area is 173 Å². The van der Waals surface area contributed by atoms with E-state index in [0.717, 1.165) is 14.8 Å². The summed E-state index contributed by atoms with van der Waals surface area (Å²) in [6.45, 7) is 2.41. The third kappa shape index (κ3) is 6.34. The second-order valence-electron chi connectivity index (χ2n) is 4.94. The summed E-state index contributed by atoms with van der Waals surface area (Å²) in [6.07, 6.45) is 1.51.